The van der Waals surface area contributed by atoms with Crippen LogP contribution in [0.15, 0.2) is 46.3 Å². The summed E-state index contributed by atoms with van der Waals surface area (Å²) in [5.41, 5.74) is 5.11. The van der Waals surface area contributed by atoms with Crippen LogP contribution < -0.4 is 10.6 Å². The van der Waals surface area contributed by atoms with Gasteiger partial charge in [0.15, 0.2) is 0 Å². The number of benzene rings is 2. The second-order valence-electron chi connectivity index (χ2n) is 9.19. The first kappa shape index (κ1) is 23.0. The predicted octanol–water partition coefficient (Wildman–Crippen LogP) is 3.24. The van der Waals surface area contributed by atoms with Gasteiger partial charge in [-0.15, -0.1) is 0 Å². The lowest BCUT2D eigenvalue weighted by Crippen LogP contribution is -2.64. The minimum Gasteiger partial charge on any atom is -0.368 e. The number of hydrogen-bond donors (Lipinski definition) is 2. The number of nitrogens with one attached hydrogen (secondary N) is 2. The summed E-state index contributed by atoms with van der Waals surface area (Å²) < 4.78 is 28.5. The number of nitrogens with zero attached hydrogens (tertiary/aromatic N) is 2. The van der Waals surface area contributed by atoms with Crippen molar-refractivity contribution in [2.45, 2.75) is 57.5 Å². The van der Waals surface area contributed by atoms with Crippen LogP contribution in [-0.2, 0) is 16.6 Å². The minimum atomic E-state index is -3.52. The summed E-state index contributed by atoms with van der Waals surface area (Å²) >= 11 is 0. The molecule has 1 saturated heterocycles. The molecular weight excluding hydrogens is 420 g/mol. The third kappa shape index (κ3) is 4.47. The Bertz CT molecular complexity index is 1130. The van der Waals surface area contributed by atoms with Gasteiger partial charge >= 0.3 is 0 Å². The van der Waals surface area contributed by atoms with Crippen molar-refractivity contribution in [3.63, 3.8) is 0 Å². The highest BCUT2D eigenvalue weighted by atomic mass is 32.2. The molecule has 1 fully saturated rings. The molecular formula is C25H34N4O2S. The first-order chi connectivity index (χ1) is 15.2. The van der Waals surface area contributed by atoms with Crippen molar-refractivity contribution in [1.82, 2.24) is 14.9 Å². The Morgan fingerprint density at radius 1 is 1.03 bits per heavy atom. The van der Waals surface area contributed by atoms with Gasteiger partial charge in [-0.2, -0.15) is 4.31 Å². The van der Waals surface area contributed by atoms with E-state index in [2.05, 4.69) is 41.8 Å². The molecule has 0 atom stereocenters. The van der Waals surface area contributed by atoms with E-state index in [4.69, 9.17) is 4.99 Å². The third-order valence-electron chi connectivity index (χ3n) is 6.83. The van der Waals surface area contributed by atoms with Crippen molar-refractivity contribution in [3.8, 4) is 0 Å². The van der Waals surface area contributed by atoms with E-state index in [9.17, 15) is 8.42 Å². The molecule has 0 bridgehead atoms. The van der Waals surface area contributed by atoms with E-state index in [0.29, 0.717) is 37.4 Å². The summed E-state index contributed by atoms with van der Waals surface area (Å²) in [6.07, 6.45) is 1.41. The molecule has 6 nitrogen and oxygen atoms in total. The predicted molar refractivity (Wildman–Crippen MR) is 130 cm³/mol. The lowest BCUT2D eigenvalue weighted by Gasteiger charge is -2.44. The Hall–Kier alpha value is -2.22. The third-order valence-corrected chi connectivity index (χ3v) is 8.87. The standard InChI is InChI=1S/C25H34N4O2S/c1-18-6-5-7-22(14-18)17-27-24-25(28-11-10-26-24)8-12-29(13-9-25)32(30,31)23-16-20(3)19(2)15-21(23)4/h5-7,14-16,28H,8-13,17H2,1-4H3,(H,26,27). The molecule has 0 saturated carbocycles. The number of hydrogen-bond acceptors (Lipinski definition) is 5. The second-order valence-corrected chi connectivity index (χ2v) is 11.1. The molecule has 2 aliphatic heterocycles. The maximum absolute atomic E-state index is 13.4. The van der Waals surface area contributed by atoms with Crippen molar-refractivity contribution in [1.29, 1.82) is 0 Å². The number of sulfonamides is 1. The second kappa shape index (κ2) is 8.96. The zero-order chi connectivity index (χ0) is 22.9. The molecule has 2 aromatic rings. The molecule has 2 heterocycles. The monoisotopic (exact) mass is 454 g/mol. The number of amidine groups is 1. The van der Waals surface area contributed by atoms with Crippen LogP contribution in [0.2, 0.25) is 0 Å². The maximum atomic E-state index is 13.4. The normalized spacial score (nSPS) is 19.1. The van der Waals surface area contributed by atoms with Crippen LogP contribution in [0.4, 0.5) is 0 Å². The number of aryl methyl sites for hydroxylation is 4. The highest BCUT2D eigenvalue weighted by Crippen LogP contribution is 2.30. The van der Waals surface area contributed by atoms with E-state index >= 15 is 0 Å². The van der Waals surface area contributed by atoms with E-state index in [-0.39, 0.29) is 5.54 Å². The molecule has 0 amide bonds. The van der Waals surface area contributed by atoms with Gasteiger partial charge in [0, 0.05) is 26.2 Å². The fraction of sp³-hybridized carbons (Fsp3) is 0.480. The smallest absolute Gasteiger partial charge is 0.243 e. The molecule has 172 valence electrons. The first-order valence-electron chi connectivity index (χ1n) is 11.4. The SMILES string of the molecule is Cc1cccc(CNC2=NCCNC23CCN(S(=O)(=O)c2cc(C)c(C)cc2C)CC3)c1. The highest BCUT2D eigenvalue weighted by molar-refractivity contribution is 7.89. The van der Waals surface area contributed by atoms with Crippen LogP contribution in [-0.4, -0.2) is 50.3 Å². The molecule has 0 radical (unpaired) electrons. The number of aliphatic imine (C=N–C) groups is 1. The number of piperidine rings is 1. The fourth-order valence-corrected chi connectivity index (χ4v) is 6.54. The highest BCUT2D eigenvalue weighted by Gasteiger charge is 2.43. The Balaban J connectivity index is 1.49. The van der Waals surface area contributed by atoms with Crippen molar-refractivity contribution < 1.29 is 8.42 Å². The van der Waals surface area contributed by atoms with Crippen LogP contribution in [0.5, 0.6) is 0 Å². The zero-order valence-electron chi connectivity index (χ0n) is 19.5. The van der Waals surface area contributed by atoms with Gasteiger partial charge in [-0.3, -0.25) is 4.99 Å². The summed E-state index contributed by atoms with van der Waals surface area (Å²) in [5.74, 6) is 0.963. The average Bonchev–Trinajstić information content (AvgIpc) is 2.76. The lowest BCUT2D eigenvalue weighted by atomic mass is 9.85. The van der Waals surface area contributed by atoms with Gasteiger partial charge < -0.3 is 10.6 Å². The molecule has 2 aromatic carbocycles. The molecule has 0 aromatic heterocycles. The van der Waals surface area contributed by atoms with Gasteiger partial charge in [0.1, 0.15) is 5.84 Å². The first-order valence-corrected chi connectivity index (χ1v) is 12.8. The fourth-order valence-electron chi connectivity index (χ4n) is 4.80. The lowest BCUT2D eigenvalue weighted by molar-refractivity contribution is 0.241. The molecule has 2 N–H and O–H groups in total. The van der Waals surface area contributed by atoms with Gasteiger partial charge in [-0.25, -0.2) is 8.42 Å². The van der Waals surface area contributed by atoms with Gasteiger partial charge in [0.25, 0.3) is 0 Å². The van der Waals surface area contributed by atoms with Crippen molar-refractivity contribution >= 4 is 15.9 Å². The van der Waals surface area contributed by atoms with E-state index in [1.807, 2.05) is 32.9 Å². The van der Waals surface area contributed by atoms with Gasteiger partial charge in [-0.1, -0.05) is 35.9 Å². The van der Waals surface area contributed by atoms with Gasteiger partial charge in [-0.05, 0) is 68.9 Å². The van der Waals surface area contributed by atoms with E-state index < -0.39 is 10.0 Å². The average molecular weight is 455 g/mol. The van der Waals surface area contributed by atoms with Crippen LogP contribution in [0, 0.1) is 27.7 Å². The summed E-state index contributed by atoms with van der Waals surface area (Å²) in [6.45, 7) is 11.2. The minimum absolute atomic E-state index is 0.285. The van der Waals surface area contributed by atoms with E-state index in [0.717, 1.165) is 35.6 Å². The Morgan fingerprint density at radius 2 is 1.75 bits per heavy atom. The summed E-state index contributed by atoms with van der Waals surface area (Å²) in [6, 6.07) is 12.2. The number of rotatable bonds is 4. The summed E-state index contributed by atoms with van der Waals surface area (Å²) in [4.78, 5) is 5.23. The maximum Gasteiger partial charge on any atom is 0.243 e. The zero-order valence-corrected chi connectivity index (χ0v) is 20.3. The van der Waals surface area contributed by atoms with Crippen molar-refractivity contribution in [2.75, 3.05) is 26.2 Å². The van der Waals surface area contributed by atoms with E-state index in [1.54, 1.807) is 4.31 Å². The molecule has 2 aliphatic rings. The van der Waals surface area contributed by atoms with Crippen LogP contribution >= 0.6 is 0 Å². The van der Waals surface area contributed by atoms with Crippen molar-refractivity contribution in [2.24, 2.45) is 4.99 Å². The molecule has 7 heteroatoms. The molecule has 4 rings (SSSR count). The summed E-state index contributed by atoms with van der Waals surface area (Å²) in [7, 11) is -3.52. The topological polar surface area (TPSA) is 73.8 Å². The van der Waals surface area contributed by atoms with Crippen LogP contribution in [0.3, 0.4) is 0 Å². The molecule has 0 aliphatic carbocycles. The van der Waals surface area contributed by atoms with Crippen LogP contribution in [0.25, 0.3) is 0 Å². The Labute approximate surface area is 192 Å². The van der Waals surface area contributed by atoms with Gasteiger partial charge in [0.2, 0.25) is 10.0 Å². The summed E-state index contributed by atoms with van der Waals surface area (Å²) in [5, 5.41) is 7.21. The van der Waals surface area contributed by atoms with E-state index in [1.165, 1.54) is 11.1 Å². The molecule has 32 heavy (non-hydrogen) atoms. The Morgan fingerprint density at radius 3 is 2.47 bits per heavy atom. The van der Waals surface area contributed by atoms with Crippen molar-refractivity contribution in [3.05, 3.63) is 64.2 Å². The quantitative estimate of drug-likeness (QED) is 0.744. The van der Waals surface area contributed by atoms with Crippen LogP contribution in [0.1, 0.15) is 40.7 Å². The molecule has 0 unspecified atom stereocenters. The molecule has 1 spiro atoms. The van der Waals surface area contributed by atoms with Gasteiger partial charge in [0.05, 0.1) is 17.0 Å². The Kier molecular flexibility index (Phi) is 6.43. The largest absolute Gasteiger partial charge is 0.368 e.